The van der Waals surface area contributed by atoms with Gasteiger partial charge in [0.05, 0.1) is 12.2 Å². The Hall–Kier alpha value is -3.28. The van der Waals surface area contributed by atoms with Gasteiger partial charge in [0.1, 0.15) is 12.4 Å². The molecule has 0 heterocycles. The second-order valence-corrected chi connectivity index (χ2v) is 9.44. The first-order valence-electron chi connectivity index (χ1n) is 11.7. The van der Waals surface area contributed by atoms with E-state index in [-0.39, 0.29) is 24.4 Å². The SMILES string of the molecule is CCOC(=O)CCc1cc(-c2ccc(C(C)(C)C)cc2)ccc1OCc1ccc(C(F)(F)F)cc1. The highest BCUT2D eigenvalue weighted by molar-refractivity contribution is 5.71. The van der Waals surface area contributed by atoms with Crippen molar-refractivity contribution in [1.29, 1.82) is 0 Å². The van der Waals surface area contributed by atoms with E-state index < -0.39 is 11.7 Å². The van der Waals surface area contributed by atoms with Crippen LogP contribution in [-0.2, 0) is 34.2 Å². The maximum atomic E-state index is 12.8. The highest BCUT2D eigenvalue weighted by atomic mass is 19.4. The van der Waals surface area contributed by atoms with Crippen LogP contribution in [-0.4, -0.2) is 12.6 Å². The van der Waals surface area contributed by atoms with Crippen LogP contribution in [0.2, 0.25) is 0 Å². The Kier molecular flexibility index (Phi) is 8.26. The summed E-state index contributed by atoms with van der Waals surface area (Å²) in [4.78, 5) is 12.0. The van der Waals surface area contributed by atoms with Gasteiger partial charge in [0, 0.05) is 6.42 Å². The third-order valence-corrected chi connectivity index (χ3v) is 5.72. The van der Waals surface area contributed by atoms with Gasteiger partial charge in [0.2, 0.25) is 0 Å². The molecule has 0 aliphatic carbocycles. The molecule has 186 valence electrons. The molecule has 3 nitrogen and oxygen atoms in total. The molecule has 0 aromatic heterocycles. The maximum Gasteiger partial charge on any atom is 0.416 e. The fraction of sp³-hybridized carbons (Fsp3) is 0.345. The van der Waals surface area contributed by atoms with E-state index in [1.165, 1.54) is 17.7 Å². The number of rotatable bonds is 8. The third-order valence-electron chi connectivity index (χ3n) is 5.72. The number of hydrogen-bond donors (Lipinski definition) is 0. The molecule has 3 aromatic carbocycles. The lowest BCUT2D eigenvalue weighted by Crippen LogP contribution is -2.10. The molecule has 0 spiro atoms. The molecule has 6 heteroatoms. The molecule has 3 aromatic rings. The molecule has 0 atom stereocenters. The van der Waals surface area contributed by atoms with Crippen molar-refractivity contribution in [1.82, 2.24) is 0 Å². The topological polar surface area (TPSA) is 35.5 Å². The van der Waals surface area contributed by atoms with E-state index in [2.05, 4.69) is 45.0 Å². The van der Waals surface area contributed by atoms with Crippen molar-refractivity contribution in [3.8, 4) is 16.9 Å². The summed E-state index contributed by atoms with van der Waals surface area (Å²) >= 11 is 0. The first-order chi connectivity index (χ1) is 16.5. The number of esters is 1. The van der Waals surface area contributed by atoms with E-state index in [0.29, 0.717) is 24.3 Å². The van der Waals surface area contributed by atoms with Gasteiger partial charge in [-0.2, -0.15) is 13.2 Å². The quantitative estimate of drug-likeness (QED) is 0.307. The highest BCUT2D eigenvalue weighted by Gasteiger charge is 2.29. The van der Waals surface area contributed by atoms with Crippen LogP contribution in [0.25, 0.3) is 11.1 Å². The Morgan fingerprint density at radius 1 is 0.829 bits per heavy atom. The number of alkyl halides is 3. The van der Waals surface area contributed by atoms with Gasteiger partial charge in [-0.15, -0.1) is 0 Å². The largest absolute Gasteiger partial charge is 0.489 e. The Labute approximate surface area is 204 Å². The van der Waals surface area contributed by atoms with Gasteiger partial charge < -0.3 is 9.47 Å². The zero-order chi connectivity index (χ0) is 25.6. The van der Waals surface area contributed by atoms with Gasteiger partial charge in [0.25, 0.3) is 0 Å². The zero-order valence-corrected chi connectivity index (χ0v) is 20.5. The molecule has 0 saturated heterocycles. The number of benzene rings is 3. The molecule has 0 N–H and O–H groups in total. The Morgan fingerprint density at radius 2 is 1.43 bits per heavy atom. The summed E-state index contributed by atoms with van der Waals surface area (Å²) in [6.45, 7) is 8.69. The van der Waals surface area contributed by atoms with Crippen molar-refractivity contribution in [2.24, 2.45) is 0 Å². The van der Waals surface area contributed by atoms with E-state index in [0.717, 1.165) is 28.8 Å². The van der Waals surface area contributed by atoms with Crippen molar-refractivity contribution in [3.05, 3.63) is 89.0 Å². The molecular weight excluding hydrogens is 453 g/mol. The predicted molar refractivity (Wildman–Crippen MR) is 131 cm³/mol. The Morgan fingerprint density at radius 3 is 2.00 bits per heavy atom. The van der Waals surface area contributed by atoms with Crippen LogP contribution in [0.4, 0.5) is 13.2 Å². The van der Waals surface area contributed by atoms with Gasteiger partial charge in [-0.3, -0.25) is 4.79 Å². The minimum Gasteiger partial charge on any atom is -0.489 e. The number of carbonyl (C=O) groups excluding carboxylic acids is 1. The molecule has 0 bridgehead atoms. The Bertz CT molecular complexity index is 1130. The normalized spacial score (nSPS) is 11.9. The molecule has 0 radical (unpaired) electrons. The van der Waals surface area contributed by atoms with Gasteiger partial charge in [-0.05, 0) is 70.8 Å². The molecule has 3 rings (SSSR count). The number of aryl methyl sites for hydroxylation is 1. The Balaban J connectivity index is 1.82. The smallest absolute Gasteiger partial charge is 0.416 e. The van der Waals surface area contributed by atoms with Crippen molar-refractivity contribution < 1.29 is 27.4 Å². The fourth-order valence-electron chi connectivity index (χ4n) is 3.68. The van der Waals surface area contributed by atoms with Crippen molar-refractivity contribution >= 4 is 5.97 Å². The lowest BCUT2D eigenvalue weighted by atomic mass is 9.86. The molecule has 0 saturated carbocycles. The average molecular weight is 485 g/mol. The fourth-order valence-corrected chi connectivity index (χ4v) is 3.68. The van der Waals surface area contributed by atoms with E-state index in [1.54, 1.807) is 6.92 Å². The molecular formula is C29H31F3O3. The lowest BCUT2D eigenvalue weighted by molar-refractivity contribution is -0.143. The van der Waals surface area contributed by atoms with Gasteiger partial charge in [-0.1, -0.05) is 63.2 Å². The molecule has 0 fully saturated rings. The summed E-state index contributed by atoms with van der Waals surface area (Å²) < 4.78 is 49.5. The van der Waals surface area contributed by atoms with Crippen LogP contribution in [0.5, 0.6) is 5.75 Å². The number of ether oxygens (including phenoxy) is 2. The molecule has 0 aliphatic heterocycles. The van der Waals surface area contributed by atoms with Crippen LogP contribution >= 0.6 is 0 Å². The summed E-state index contributed by atoms with van der Waals surface area (Å²) in [5.41, 5.74) is 4.09. The predicted octanol–water partition coefficient (Wildman–Crippen LogP) is 7.74. The van der Waals surface area contributed by atoms with Crippen LogP contribution in [0, 0.1) is 0 Å². The first kappa shape index (κ1) is 26.3. The third kappa shape index (κ3) is 7.35. The molecule has 35 heavy (non-hydrogen) atoms. The summed E-state index contributed by atoms with van der Waals surface area (Å²) in [6.07, 6.45) is -3.74. The number of carbonyl (C=O) groups is 1. The maximum absolute atomic E-state index is 12.8. The molecule has 0 aliphatic rings. The van der Waals surface area contributed by atoms with Crippen LogP contribution in [0.1, 0.15) is 56.4 Å². The van der Waals surface area contributed by atoms with Crippen LogP contribution < -0.4 is 4.74 Å². The zero-order valence-electron chi connectivity index (χ0n) is 20.5. The second-order valence-electron chi connectivity index (χ2n) is 9.44. The number of hydrogen-bond acceptors (Lipinski definition) is 3. The summed E-state index contributed by atoms with van der Waals surface area (Å²) in [6, 6.07) is 19.1. The van der Waals surface area contributed by atoms with Gasteiger partial charge >= 0.3 is 12.1 Å². The van der Waals surface area contributed by atoms with E-state index >= 15 is 0 Å². The minimum atomic E-state index is -4.37. The van der Waals surface area contributed by atoms with E-state index in [1.807, 2.05) is 18.2 Å². The van der Waals surface area contributed by atoms with Crippen molar-refractivity contribution in [2.75, 3.05) is 6.61 Å². The molecule has 0 unspecified atom stereocenters. The summed E-state index contributed by atoms with van der Waals surface area (Å²) in [5.74, 6) is 0.297. The van der Waals surface area contributed by atoms with Crippen LogP contribution in [0.15, 0.2) is 66.7 Å². The monoisotopic (exact) mass is 484 g/mol. The summed E-state index contributed by atoms with van der Waals surface area (Å²) in [7, 11) is 0. The second kappa shape index (κ2) is 11.0. The van der Waals surface area contributed by atoms with Gasteiger partial charge in [-0.25, -0.2) is 0 Å². The van der Waals surface area contributed by atoms with Crippen LogP contribution in [0.3, 0.4) is 0 Å². The average Bonchev–Trinajstić information content (AvgIpc) is 2.81. The summed E-state index contributed by atoms with van der Waals surface area (Å²) in [5, 5.41) is 0. The minimum absolute atomic E-state index is 0.0549. The first-order valence-corrected chi connectivity index (χ1v) is 11.7. The van der Waals surface area contributed by atoms with Crippen molar-refractivity contribution in [3.63, 3.8) is 0 Å². The number of halogens is 3. The van der Waals surface area contributed by atoms with Crippen molar-refractivity contribution in [2.45, 2.75) is 58.7 Å². The lowest BCUT2D eigenvalue weighted by Gasteiger charge is -2.19. The van der Waals surface area contributed by atoms with E-state index in [9.17, 15) is 18.0 Å². The highest BCUT2D eigenvalue weighted by Crippen LogP contribution is 2.32. The molecule has 0 amide bonds. The van der Waals surface area contributed by atoms with Gasteiger partial charge in [0.15, 0.2) is 0 Å². The standard InChI is InChI=1S/C29H31F3O3/c1-5-34-27(33)17-11-23-18-22(21-8-14-24(15-9-21)28(2,3)4)10-16-26(23)35-19-20-6-12-25(13-7-20)29(30,31)32/h6-10,12-16,18H,5,11,17,19H2,1-4H3. The van der Waals surface area contributed by atoms with E-state index in [4.69, 9.17) is 9.47 Å².